The Morgan fingerprint density at radius 1 is 1.29 bits per heavy atom. The Bertz CT molecular complexity index is 246. The van der Waals surface area contributed by atoms with Crippen LogP contribution in [0.15, 0.2) is 0 Å². The van der Waals surface area contributed by atoms with E-state index in [9.17, 15) is 4.79 Å². The molecule has 0 bridgehead atoms. The number of hydrogen-bond acceptors (Lipinski definition) is 2. The molecular weight excluding hydrogens is 236 g/mol. The molecule has 3 nitrogen and oxygen atoms in total. The molecule has 1 saturated heterocycles. The smallest absolute Gasteiger partial charge is 0.220 e. The number of nitrogens with one attached hydrogen (secondary N) is 2. The quantitative estimate of drug-likeness (QED) is 0.817. The highest BCUT2D eigenvalue weighted by Crippen LogP contribution is 2.29. The largest absolute Gasteiger partial charge is 0.351 e. The molecule has 1 saturated carbocycles. The summed E-state index contributed by atoms with van der Waals surface area (Å²) in [5, 5.41) is 6.58. The highest BCUT2D eigenvalue weighted by molar-refractivity contribution is 5.85. The molecule has 2 fully saturated rings. The second-order valence-electron chi connectivity index (χ2n) is 5.71. The standard InChI is InChI=1S/C13H24N2O.ClH/c1-13(6-2-3-7-13)15-12(16)10-11-4-8-14-9-5-11;/h11,14H,2-10H2,1H3,(H,15,16);1H. The maximum Gasteiger partial charge on any atom is 0.220 e. The zero-order valence-corrected chi connectivity index (χ0v) is 11.6. The highest BCUT2D eigenvalue weighted by atomic mass is 35.5. The van der Waals surface area contributed by atoms with E-state index in [1.807, 2.05) is 0 Å². The molecule has 2 aliphatic rings. The molecule has 4 heteroatoms. The van der Waals surface area contributed by atoms with Crippen LogP contribution in [0.3, 0.4) is 0 Å². The third kappa shape index (κ3) is 4.47. The minimum atomic E-state index is 0. The van der Waals surface area contributed by atoms with E-state index in [-0.39, 0.29) is 23.9 Å². The minimum absolute atomic E-state index is 0. The van der Waals surface area contributed by atoms with Gasteiger partial charge in [-0.1, -0.05) is 12.8 Å². The Morgan fingerprint density at radius 3 is 2.47 bits per heavy atom. The van der Waals surface area contributed by atoms with E-state index in [2.05, 4.69) is 17.6 Å². The van der Waals surface area contributed by atoms with Gasteiger partial charge in [0.1, 0.15) is 0 Å². The van der Waals surface area contributed by atoms with Crippen molar-refractivity contribution in [3.63, 3.8) is 0 Å². The Kier molecular flexibility index (Phi) is 5.74. The summed E-state index contributed by atoms with van der Waals surface area (Å²) in [6, 6.07) is 0. The summed E-state index contributed by atoms with van der Waals surface area (Å²) < 4.78 is 0. The first-order chi connectivity index (χ1) is 7.68. The van der Waals surface area contributed by atoms with Gasteiger partial charge in [-0.2, -0.15) is 0 Å². The Labute approximate surface area is 111 Å². The van der Waals surface area contributed by atoms with Gasteiger partial charge in [-0.15, -0.1) is 12.4 Å². The van der Waals surface area contributed by atoms with Crippen LogP contribution >= 0.6 is 12.4 Å². The van der Waals surface area contributed by atoms with Gasteiger partial charge in [-0.05, 0) is 51.6 Å². The fraction of sp³-hybridized carbons (Fsp3) is 0.923. The number of carbonyl (C=O) groups excluding carboxylic acids is 1. The van der Waals surface area contributed by atoms with E-state index < -0.39 is 0 Å². The molecule has 0 aromatic heterocycles. The maximum absolute atomic E-state index is 11.9. The fourth-order valence-corrected chi connectivity index (χ4v) is 3.02. The van der Waals surface area contributed by atoms with Crippen molar-refractivity contribution < 1.29 is 4.79 Å². The van der Waals surface area contributed by atoms with Crippen molar-refractivity contribution in [2.75, 3.05) is 13.1 Å². The predicted octanol–water partition coefficient (Wildman–Crippen LogP) is 2.25. The zero-order chi connectivity index (χ0) is 11.4. The van der Waals surface area contributed by atoms with Crippen molar-refractivity contribution in [3.05, 3.63) is 0 Å². The Hall–Kier alpha value is -0.280. The molecule has 1 aliphatic heterocycles. The summed E-state index contributed by atoms with van der Waals surface area (Å²) in [6.45, 7) is 4.35. The molecule has 0 aromatic rings. The van der Waals surface area contributed by atoms with Gasteiger partial charge in [0.15, 0.2) is 0 Å². The first-order valence-corrected chi connectivity index (χ1v) is 6.70. The van der Waals surface area contributed by atoms with Gasteiger partial charge < -0.3 is 10.6 Å². The lowest BCUT2D eigenvalue weighted by atomic mass is 9.93. The van der Waals surface area contributed by atoms with Crippen molar-refractivity contribution in [1.82, 2.24) is 10.6 Å². The number of piperidine rings is 1. The number of hydrogen-bond donors (Lipinski definition) is 2. The van der Waals surface area contributed by atoms with Crippen molar-refractivity contribution in [2.24, 2.45) is 5.92 Å². The molecular formula is C13H25ClN2O. The monoisotopic (exact) mass is 260 g/mol. The van der Waals surface area contributed by atoms with Crippen LogP contribution in [0.1, 0.15) is 51.9 Å². The average molecular weight is 261 g/mol. The minimum Gasteiger partial charge on any atom is -0.351 e. The van der Waals surface area contributed by atoms with Crippen LogP contribution < -0.4 is 10.6 Å². The summed E-state index contributed by atoms with van der Waals surface area (Å²) in [5.74, 6) is 0.877. The van der Waals surface area contributed by atoms with Crippen molar-refractivity contribution >= 4 is 18.3 Å². The normalized spacial score (nSPS) is 24.1. The van der Waals surface area contributed by atoms with Crippen molar-refractivity contribution in [2.45, 2.75) is 57.4 Å². The molecule has 0 spiro atoms. The molecule has 1 amide bonds. The van der Waals surface area contributed by atoms with Gasteiger partial charge in [-0.3, -0.25) is 4.79 Å². The van der Waals surface area contributed by atoms with Gasteiger partial charge >= 0.3 is 0 Å². The molecule has 0 aromatic carbocycles. The molecule has 0 radical (unpaired) electrons. The fourth-order valence-electron chi connectivity index (χ4n) is 3.02. The molecule has 1 aliphatic carbocycles. The highest BCUT2D eigenvalue weighted by Gasteiger charge is 2.30. The van der Waals surface area contributed by atoms with Crippen LogP contribution in [0, 0.1) is 5.92 Å². The predicted molar refractivity (Wildman–Crippen MR) is 72.5 cm³/mol. The lowest BCUT2D eigenvalue weighted by Crippen LogP contribution is -2.44. The number of halogens is 1. The van der Waals surface area contributed by atoms with Crippen LogP contribution in [0.5, 0.6) is 0 Å². The van der Waals surface area contributed by atoms with Crippen LogP contribution in [0.4, 0.5) is 0 Å². The van der Waals surface area contributed by atoms with Crippen molar-refractivity contribution in [1.29, 1.82) is 0 Å². The van der Waals surface area contributed by atoms with E-state index in [1.54, 1.807) is 0 Å². The van der Waals surface area contributed by atoms with Crippen LogP contribution in [-0.4, -0.2) is 24.5 Å². The Balaban J connectivity index is 0.00000144. The molecule has 17 heavy (non-hydrogen) atoms. The summed E-state index contributed by atoms with van der Waals surface area (Å²) >= 11 is 0. The molecule has 100 valence electrons. The molecule has 0 atom stereocenters. The van der Waals surface area contributed by atoms with Crippen LogP contribution in [0.25, 0.3) is 0 Å². The van der Waals surface area contributed by atoms with Gasteiger partial charge in [-0.25, -0.2) is 0 Å². The zero-order valence-electron chi connectivity index (χ0n) is 10.8. The van der Waals surface area contributed by atoms with E-state index >= 15 is 0 Å². The Morgan fingerprint density at radius 2 is 1.88 bits per heavy atom. The second kappa shape index (κ2) is 6.60. The molecule has 1 heterocycles. The van der Waals surface area contributed by atoms with Gasteiger partial charge in [0.2, 0.25) is 5.91 Å². The SMILES string of the molecule is CC1(NC(=O)CC2CCNCC2)CCCC1.Cl. The number of carbonyl (C=O) groups is 1. The summed E-state index contributed by atoms with van der Waals surface area (Å²) in [6.07, 6.45) is 7.90. The van der Waals surface area contributed by atoms with E-state index in [0.717, 1.165) is 45.2 Å². The number of amides is 1. The lowest BCUT2D eigenvalue weighted by molar-refractivity contribution is -0.123. The first kappa shape index (κ1) is 14.8. The van der Waals surface area contributed by atoms with Gasteiger partial charge in [0, 0.05) is 12.0 Å². The molecule has 2 rings (SSSR count). The first-order valence-electron chi connectivity index (χ1n) is 6.70. The topological polar surface area (TPSA) is 41.1 Å². The van der Waals surface area contributed by atoms with Crippen LogP contribution in [-0.2, 0) is 4.79 Å². The van der Waals surface area contributed by atoms with Gasteiger partial charge in [0.25, 0.3) is 0 Å². The number of rotatable bonds is 3. The lowest BCUT2D eigenvalue weighted by Gasteiger charge is -2.28. The van der Waals surface area contributed by atoms with Crippen molar-refractivity contribution in [3.8, 4) is 0 Å². The van der Waals surface area contributed by atoms with Gasteiger partial charge in [0.05, 0.1) is 0 Å². The maximum atomic E-state index is 11.9. The third-order valence-electron chi connectivity index (χ3n) is 4.08. The van der Waals surface area contributed by atoms with E-state index in [0.29, 0.717) is 5.92 Å². The summed E-state index contributed by atoms with van der Waals surface area (Å²) in [7, 11) is 0. The summed E-state index contributed by atoms with van der Waals surface area (Å²) in [4.78, 5) is 11.9. The second-order valence-corrected chi connectivity index (χ2v) is 5.71. The third-order valence-corrected chi connectivity index (χ3v) is 4.08. The van der Waals surface area contributed by atoms with E-state index in [4.69, 9.17) is 0 Å². The summed E-state index contributed by atoms with van der Waals surface area (Å²) in [5.41, 5.74) is 0.101. The molecule has 2 N–H and O–H groups in total. The van der Waals surface area contributed by atoms with Crippen LogP contribution in [0.2, 0.25) is 0 Å². The average Bonchev–Trinajstić information content (AvgIpc) is 2.66. The van der Waals surface area contributed by atoms with E-state index in [1.165, 1.54) is 12.8 Å². The molecule has 0 unspecified atom stereocenters.